The van der Waals surface area contributed by atoms with Crippen molar-refractivity contribution in [1.82, 2.24) is 5.32 Å². The van der Waals surface area contributed by atoms with Gasteiger partial charge in [-0.3, -0.25) is 5.32 Å². The van der Waals surface area contributed by atoms with Crippen molar-refractivity contribution in [3.8, 4) is 0 Å². The van der Waals surface area contributed by atoms with Gasteiger partial charge in [-0.25, -0.2) is 0 Å². The molecule has 0 bridgehead atoms. The Bertz CT molecular complexity index is 158. The van der Waals surface area contributed by atoms with Crippen LogP contribution >= 0.6 is 0 Å². The zero-order chi connectivity index (χ0) is 11.7. The highest BCUT2D eigenvalue weighted by Crippen LogP contribution is 2.22. The average Bonchev–Trinajstić information content (AvgIpc) is 2.26. The lowest BCUT2D eigenvalue weighted by molar-refractivity contribution is 0.109. The molecule has 0 heterocycles. The van der Waals surface area contributed by atoms with E-state index in [1.165, 1.54) is 12.8 Å². The minimum atomic E-state index is -1.94. The Hall–Kier alpha value is 0.0969. The molecule has 0 fully saturated rings. The zero-order valence-electron chi connectivity index (χ0n) is 10.9. The van der Waals surface area contributed by atoms with Gasteiger partial charge in [-0.15, -0.1) is 0 Å². The summed E-state index contributed by atoms with van der Waals surface area (Å²) in [5.74, 6) is 0. The molecule has 0 radical (unpaired) electrons. The smallest absolute Gasteiger partial charge is 0.339 e. The third-order valence-corrected chi connectivity index (χ3v) is 6.45. The summed E-state index contributed by atoms with van der Waals surface area (Å²) >= 11 is 0. The van der Waals surface area contributed by atoms with Crippen molar-refractivity contribution in [2.75, 3.05) is 13.7 Å². The van der Waals surface area contributed by atoms with Crippen molar-refractivity contribution in [3.63, 3.8) is 0 Å². The predicted molar refractivity (Wildman–Crippen MR) is 67.2 cm³/mol. The first-order valence-corrected chi connectivity index (χ1v) is 8.36. The van der Waals surface area contributed by atoms with Crippen LogP contribution in [0.25, 0.3) is 0 Å². The van der Waals surface area contributed by atoms with Crippen LogP contribution in [0.4, 0.5) is 0 Å². The normalized spacial score (nSPS) is 17.4. The number of hydrogen-bond acceptors (Lipinski definition) is 3. The molecular formula is C11H27NO2Si. The van der Waals surface area contributed by atoms with Crippen LogP contribution in [0, 0.1) is 0 Å². The molecule has 0 aliphatic heterocycles. The van der Waals surface area contributed by atoms with Crippen LogP contribution < -0.4 is 5.32 Å². The van der Waals surface area contributed by atoms with E-state index >= 15 is 0 Å². The lowest BCUT2D eigenvalue weighted by Crippen LogP contribution is -2.47. The van der Waals surface area contributed by atoms with E-state index in [9.17, 15) is 0 Å². The van der Waals surface area contributed by atoms with Gasteiger partial charge in [-0.1, -0.05) is 26.7 Å². The van der Waals surface area contributed by atoms with E-state index in [2.05, 4.69) is 26.1 Å². The number of hydrogen-bond donors (Lipinski definition) is 1. The van der Waals surface area contributed by atoms with Crippen LogP contribution in [0.5, 0.6) is 0 Å². The molecule has 1 N–H and O–H groups in total. The quantitative estimate of drug-likeness (QED) is 0.491. The van der Waals surface area contributed by atoms with E-state index in [-0.39, 0.29) is 6.23 Å². The van der Waals surface area contributed by atoms with Gasteiger partial charge < -0.3 is 8.85 Å². The molecule has 0 spiro atoms. The van der Waals surface area contributed by atoms with Gasteiger partial charge in [-0.05, 0) is 33.0 Å². The number of unbranched alkanes of at least 4 members (excludes halogenated alkanes) is 1. The van der Waals surface area contributed by atoms with Gasteiger partial charge in [0.1, 0.15) is 0 Å². The van der Waals surface area contributed by atoms with Crippen molar-refractivity contribution < 1.29 is 8.85 Å². The van der Waals surface area contributed by atoms with Crippen molar-refractivity contribution in [2.45, 2.75) is 58.9 Å². The summed E-state index contributed by atoms with van der Waals surface area (Å²) in [5.41, 5.74) is 0. The van der Waals surface area contributed by atoms with Gasteiger partial charge in [0.15, 0.2) is 0 Å². The molecule has 15 heavy (non-hydrogen) atoms. The number of rotatable bonds is 9. The molecule has 0 aromatic rings. The minimum absolute atomic E-state index is 0.0972. The van der Waals surface area contributed by atoms with Crippen molar-refractivity contribution in [1.29, 1.82) is 0 Å². The van der Waals surface area contributed by atoms with E-state index in [1.807, 2.05) is 14.0 Å². The van der Waals surface area contributed by atoms with Crippen LogP contribution in [0.1, 0.15) is 40.5 Å². The molecule has 0 aliphatic carbocycles. The van der Waals surface area contributed by atoms with Crippen LogP contribution in [-0.2, 0) is 8.85 Å². The maximum Gasteiger partial charge on any atom is 0.339 e. The van der Waals surface area contributed by atoms with Crippen molar-refractivity contribution >= 4 is 8.56 Å². The fourth-order valence-corrected chi connectivity index (χ4v) is 4.85. The molecule has 0 aliphatic rings. The molecule has 0 saturated carbocycles. The van der Waals surface area contributed by atoms with E-state index < -0.39 is 8.56 Å². The average molecular weight is 233 g/mol. The van der Waals surface area contributed by atoms with Crippen molar-refractivity contribution in [3.05, 3.63) is 0 Å². The fourth-order valence-electron chi connectivity index (χ4n) is 1.62. The third kappa shape index (κ3) is 5.66. The minimum Gasteiger partial charge on any atom is -0.394 e. The highest BCUT2D eigenvalue weighted by atomic mass is 28.4. The van der Waals surface area contributed by atoms with Crippen molar-refractivity contribution in [2.24, 2.45) is 0 Å². The van der Waals surface area contributed by atoms with Crippen LogP contribution in [0.2, 0.25) is 12.1 Å². The first kappa shape index (κ1) is 15.1. The van der Waals surface area contributed by atoms with E-state index in [0.717, 1.165) is 18.7 Å². The van der Waals surface area contributed by atoms with Gasteiger partial charge in [-0.2, -0.15) is 0 Å². The zero-order valence-corrected chi connectivity index (χ0v) is 11.9. The Labute approximate surface area is 95.8 Å². The Morgan fingerprint density at radius 1 is 1.27 bits per heavy atom. The summed E-state index contributed by atoms with van der Waals surface area (Å²) in [6.07, 6.45) is 2.51. The Balaban J connectivity index is 4.34. The Morgan fingerprint density at radius 2 is 1.93 bits per heavy atom. The van der Waals surface area contributed by atoms with Gasteiger partial charge in [0.05, 0.1) is 6.23 Å². The second kappa shape index (κ2) is 8.27. The fraction of sp³-hybridized carbons (Fsp3) is 1.00. The largest absolute Gasteiger partial charge is 0.394 e. The van der Waals surface area contributed by atoms with Gasteiger partial charge in [0, 0.05) is 6.61 Å². The maximum absolute atomic E-state index is 6.08. The molecule has 2 unspecified atom stereocenters. The van der Waals surface area contributed by atoms with Gasteiger partial charge in [0.2, 0.25) is 0 Å². The van der Waals surface area contributed by atoms with E-state index in [0.29, 0.717) is 0 Å². The summed E-state index contributed by atoms with van der Waals surface area (Å²) in [6, 6.07) is 2.15. The highest BCUT2D eigenvalue weighted by molar-refractivity contribution is 6.67. The molecule has 2 atom stereocenters. The van der Waals surface area contributed by atoms with Gasteiger partial charge in [0.25, 0.3) is 0 Å². The third-order valence-electron chi connectivity index (χ3n) is 2.66. The topological polar surface area (TPSA) is 30.5 Å². The first-order chi connectivity index (χ1) is 7.14. The molecule has 0 amide bonds. The summed E-state index contributed by atoms with van der Waals surface area (Å²) in [7, 11) is -0.0151. The second-order valence-corrected chi connectivity index (χ2v) is 7.40. The summed E-state index contributed by atoms with van der Waals surface area (Å²) in [4.78, 5) is 0. The molecule has 0 aromatic carbocycles. The lowest BCUT2D eigenvalue weighted by Gasteiger charge is -2.32. The molecule has 3 nitrogen and oxygen atoms in total. The van der Waals surface area contributed by atoms with Crippen LogP contribution in [0.15, 0.2) is 0 Å². The first-order valence-electron chi connectivity index (χ1n) is 6.13. The van der Waals surface area contributed by atoms with E-state index in [4.69, 9.17) is 8.85 Å². The maximum atomic E-state index is 6.08. The van der Waals surface area contributed by atoms with Crippen LogP contribution in [0.3, 0.4) is 0 Å². The molecule has 0 saturated heterocycles. The number of nitrogens with one attached hydrogen (secondary N) is 1. The monoisotopic (exact) mass is 233 g/mol. The lowest BCUT2D eigenvalue weighted by atomic mass is 10.4. The summed E-state index contributed by atoms with van der Waals surface area (Å²) < 4.78 is 12.0. The van der Waals surface area contributed by atoms with E-state index in [1.54, 1.807) is 0 Å². The second-order valence-electron chi connectivity index (χ2n) is 3.85. The van der Waals surface area contributed by atoms with Gasteiger partial charge >= 0.3 is 8.56 Å². The van der Waals surface area contributed by atoms with Crippen LogP contribution in [-0.4, -0.2) is 28.4 Å². The standard InChI is InChI=1S/C11H27NO2Si/c1-6-9-10-15(8-3,13-7-2)14-11(4)12-5/h11-12H,6-10H2,1-5H3. The molecular weight excluding hydrogens is 206 g/mol. The molecule has 0 rings (SSSR count). The molecule has 4 heteroatoms. The Kier molecular flexibility index (Phi) is 8.33. The highest BCUT2D eigenvalue weighted by Gasteiger charge is 2.36. The molecule has 92 valence electrons. The Morgan fingerprint density at radius 3 is 2.33 bits per heavy atom. The summed E-state index contributed by atoms with van der Waals surface area (Å²) in [5, 5.41) is 3.12. The summed E-state index contributed by atoms with van der Waals surface area (Å²) in [6.45, 7) is 9.25. The SMILES string of the molecule is CCCC[Si](CC)(OCC)OC(C)NC. The predicted octanol–water partition coefficient (Wildman–Crippen LogP) is 2.87. The molecule has 0 aromatic heterocycles.